The summed E-state index contributed by atoms with van der Waals surface area (Å²) >= 11 is 1.68. The average molecular weight is 407 g/mol. The van der Waals surface area contributed by atoms with Crippen molar-refractivity contribution in [3.8, 4) is 0 Å². The van der Waals surface area contributed by atoms with Crippen LogP contribution in [0.5, 0.6) is 0 Å². The first kappa shape index (κ1) is 22.6. The van der Waals surface area contributed by atoms with E-state index in [0.29, 0.717) is 12.4 Å². The molecule has 2 amide bonds. The van der Waals surface area contributed by atoms with E-state index in [-0.39, 0.29) is 23.3 Å². The third-order valence-corrected chi connectivity index (χ3v) is 6.15. The first-order valence-electron chi connectivity index (χ1n) is 10.4. The number of urea groups is 1. The summed E-state index contributed by atoms with van der Waals surface area (Å²) in [5.41, 5.74) is 1.93. The highest BCUT2D eigenvalue weighted by molar-refractivity contribution is 8.00. The summed E-state index contributed by atoms with van der Waals surface area (Å²) in [7, 11) is 0. The number of aryl methyl sites for hydroxylation is 1. The van der Waals surface area contributed by atoms with Gasteiger partial charge in [-0.25, -0.2) is 9.59 Å². The van der Waals surface area contributed by atoms with E-state index >= 15 is 0 Å². The number of hydrogen-bond donors (Lipinski definition) is 1. The molecule has 1 aromatic rings. The van der Waals surface area contributed by atoms with Gasteiger partial charge in [0, 0.05) is 11.4 Å². The van der Waals surface area contributed by atoms with Crippen LogP contribution in [0.1, 0.15) is 58.9 Å². The molecule has 2 atom stereocenters. The zero-order valence-corrected chi connectivity index (χ0v) is 18.4. The molecule has 6 heteroatoms. The zero-order valence-electron chi connectivity index (χ0n) is 17.6. The SMILES string of the molecule is CCCCC[C@@H]1SC[C@H](C(=O)OCC(C)C)N1C(=O)Nc1cccc(CC)c1. The molecule has 0 aliphatic carbocycles. The summed E-state index contributed by atoms with van der Waals surface area (Å²) in [6, 6.07) is 7.12. The van der Waals surface area contributed by atoms with E-state index in [1.807, 2.05) is 38.1 Å². The lowest BCUT2D eigenvalue weighted by Gasteiger charge is -2.28. The van der Waals surface area contributed by atoms with Crippen LogP contribution in [-0.2, 0) is 16.0 Å². The maximum Gasteiger partial charge on any atom is 0.329 e. The minimum Gasteiger partial charge on any atom is -0.464 e. The molecule has 1 aliphatic rings. The number of hydrogen-bond acceptors (Lipinski definition) is 4. The molecule has 0 aromatic heterocycles. The van der Waals surface area contributed by atoms with Gasteiger partial charge in [0.25, 0.3) is 0 Å². The van der Waals surface area contributed by atoms with Crippen LogP contribution in [0.4, 0.5) is 10.5 Å². The third-order valence-electron chi connectivity index (χ3n) is 4.80. The molecule has 28 heavy (non-hydrogen) atoms. The van der Waals surface area contributed by atoms with E-state index in [0.717, 1.165) is 37.8 Å². The molecule has 0 saturated carbocycles. The molecule has 1 aromatic carbocycles. The van der Waals surface area contributed by atoms with Gasteiger partial charge < -0.3 is 10.1 Å². The maximum absolute atomic E-state index is 13.1. The smallest absolute Gasteiger partial charge is 0.329 e. The number of esters is 1. The van der Waals surface area contributed by atoms with Gasteiger partial charge in [0.05, 0.1) is 12.0 Å². The van der Waals surface area contributed by atoms with Crippen LogP contribution >= 0.6 is 11.8 Å². The van der Waals surface area contributed by atoms with Crippen LogP contribution in [0.2, 0.25) is 0 Å². The van der Waals surface area contributed by atoms with E-state index in [1.165, 1.54) is 5.56 Å². The lowest BCUT2D eigenvalue weighted by Crippen LogP contribution is -2.48. The summed E-state index contributed by atoms with van der Waals surface area (Å²) in [6.07, 6.45) is 5.12. The fraction of sp³-hybridized carbons (Fsp3) is 0.636. The predicted molar refractivity (Wildman–Crippen MR) is 117 cm³/mol. The number of benzene rings is 1. The Balaban J connectivity index is 2.12. The normalized spacial score (nSPS) is 19.1. The molecule has 1 fully saturated rings. The molecular weight excluding hydrogens is 372 g/mol. The standard InChI is InChI=1S/C22H34N2O3S/c1-5-7-8-12-20-24(19(15-28-20)21(25)27-14-16(3)4)22(26)23-18-11-9-10-17(6-2)13-18/h9-11,13,16,19-20H,5-8,12,14-15H2,1-4H3,(H,23,26)/t19-,20+/m1/s1. The average Bonchev–Trinajstić information content (AvgIpc) is 3.10. The van der Waals surface area contributed by atoms with E-state index < -0.39 is 6.04 Å². The molecule has 0 radical (unpaired) electrons. The summed E-state index contributed by atoms with van der Waals surface area (Å²) in [5, 5.41) is 3.01. The van der Waals surface area contributed by atoms with Gasteiger partial charge in [0.15, 0.2) is 0 Å². The van der Waals surface area contributed by atoms with Crippen molar-refractivity contribution in [2.75, 3.05) is 17.7 Å². The van der Waals surface area contributed by atoms with Crippen LogP contribution in [0.3, 0.4) is 0 Å². The molecule has 0 bridgehead atoms. The number of carbonyl (C=O) groups is 2. The number of nitrogens with zero attached hydrogens (tertiary/aromatic N) is 1. The number of amides is 2. The molecule has 0 unspecified atom stereocenters. The molecule has 1 heterocycles. The number of rotatable bonds is 9. The van der Waals surface area contributed by atoms with Crippen molar-refractivity contribution >= 4 is 29.4 Å². The second kappa shape index (κ2) is 11.3. The van der Waals surface area contributed by atoms with E-state index in [4.69, 9.17) is 4.74 Å². The van der Waals surface area contributed by atoms with Crippen molar-refractivity contribution in [3.05, 3.63) is 29.8 Å². The Morgan fingerprint density at radius 1 is 1.29 bits per heavy atom. The minimum atomic E-state index is -0.523. The van der Waals surface area contributed by atoms with Gasteiger partial charge in [0.1, 0.15) is 6.04 Å². The predicted octanol–water partition coefficient (Wildman–Crippen LogP) is 5.30. The number of nitrogens with one attached hydrogen (secondary N) is 1. The lowest BCUT2D eigenvalue weighted by molar-refractivity contribution is -0.149. The Kier molecular flexibility index (Phi) is 9.16. The van der Waals surface area contributed by atoms with Gasteiger partial charge in [-0.3, -0.25) is 4.90 Å². The van der Waals surface area contributed by atoms with Crippen LogP contribution < -0.4 is 5.32 Å². The first-order chi connectivity index (χ1) is 13.5. The second-order valence-corrected chi connectivity index (χ2v) is 8.93. The van der Waals surface area contributed by atoms with Crippen LogP contribution in [0.25, 0.3) is 0 Å². The van der Waals surface area contributed by atoms with Crippen molar-refractivity contribution in [1.82, 2.24) is 4.90 Å². The van der Waals surface area contributed by atoms with Crippen LogP contribution in [-0.4, -0.2) is 40.7 Å². The molecular formula is C22H34N2O3S. The van der Waals surface area contributed by atoms with Crippen molar-refractivity contribution in [2.45, 2.75) is 71.2 Å². The van der Waals surface area contributed by atoms with Crippen LogP contribution in [0, 0.1) is 5.92 Å². The van der Waals surface area contributed by atoms with Crippen molar-refractivity contribution in [2.24, 2.45) is 5.92 Å². The molecule has 2 rings (SSSR count). The first-order valence-corrected chi connectivity index (χ1v) is 11.5. The van der Waals surface area contributed by atoms with Gasteiger partial charge in [-0.05, 0) is 36.5 Å². The largest absolute Gasteiger partial charge is 0.464 e. The molecule has 1 saturated heterocycles. The summed E-state index contributed by atoms with van der Waals surface area (Å²) in [5.74, 6) is 0.574. The molecule has 1 N–H and O–H groups in total. The second-order valence-electron chi connectivity index (χ2n) is 7.71. The summed E-state index contributed by atoms with van der Waals surface area (Å²) in [6.45, 7) is 8.65. The Bertz CT molecular complexity index is 650. The Hall–Kier alpha value is -1.69. The molecule has 156 valence electrons. The van der Waals surface area contributed by atoms with Crippen molar-refractivity contribution < 1.29 is 14.3 Å². The van der Waals surface area contributed by atoms with Gasteiger partial charge in [-0.2, -0.15) is 0 Å². The lowest BCUT2D eigenvalue weighted by atomic mass is 10.1. The maximum atomic E-state index is 13.1. The van der Waals surface area contributed by atoms with Gasteiger partial charge in [-0.1, -0.05) is 59.1 Å². The minimum absolute atomic E-state index is 0.0116. The highest BCUT2D eigenvalue weighted by atomic mass is 32.2. The summed E-state index contributed by atoms with van der Waals surface area (Å²) in [4.78, 5) is 27.4. The monoisotopic (exact) mass is 406 g/mol. The van der Waals surface area contributed by atoms with E-state index in [1.54, 1.807) is 16.7 Å². The Morgan fingerprint density at radius 3 is 2.75 bits per heavy atom. The molecule has 5 nitrogen and oxygen atoms in total. The zero-order chi connectivity index (χ0) is 20.5. The number of thioether (sulfide) groups is 1. The number of carbonyl (C=O) groups excluding carboxylic acids is 2. The van der Waals surface area contributed by atoms with Gasteiger partial charge in [-0.15, -0.1) is 11.8 Å². The van der Waals surface area contributed by atoms with Crippen molar-refractivity contribution in [1.29, 1.82) is 0 Å². The van der Waals surface area contributed by atoms with Gasteiger partial charge >= 0.3 is 12.0 Å². The quantitative estimate of drug-likeness (QED) is 0.446. The Labute approximate surface area is 173 Å². The van der Waals surface area contributed by atoms with Gasteiger partial charge in [0.2, 0.25) is 0 Å². The molecule has 1 aliphatic heterocycles. The summed E-state index contributed by atoms with van der Waals surface area (Å²) < 4.78 is 5.45. The van der Waals surface area contributed by atoms with E-state index in [9.17, 15) is 9.59 Å². The van der Waals surface area contributed by atoms with Crippen molar-refractivity contribution in [3.63, 3.8) is 0 Å². The third kappa shape index (κ3) is 6.43. The highest BCUT2D eigenvalue weighted by Crippen LogP contribution is 2.34. The highest BCUT2D eigenvalue weighted by Gasteiger charge is 2.42. The number of unbranched alkanes of at least 4 members (excludes halogenated alkanes) is 2. The number of anilines is 1. The van der Waals surface area contributed by atoms with E-state index in [2.05, 4.69) is 19.2 Å². The molecule has 0 spiro atoms. The fourth-order valence-electron chi connectivity index (χ4n) is 3.21. The fourth-order valence-corrected chi connectivity index (χ4v) is 4.65. The number of ether oxygens (including phenoxy) is 1. The Morgan fingerprint density at radius 2 is 2.07 bits per heavy atom. The van der Waals surface area contributed by atoms with Crippen LogP contribution in [0.15, 0.2) is 24.3 Å². The topological polar surface area (TPSA) is 58.6 Å².